The van der Waals surface area contributed by atoms with Crippen molar-refractivity contribution in [3.8, 4) is 0 Å². The highest BCUT2D eigenvalue weighted by Gasteiger charge is 2.31. The van der Waals surface area contributed by atoms with Crippen molar-refractivity contribution in [2.45, 2.75) is 31.0 Å². The number of hydrogen-bond acceptors (Lipinski definition) is 4. The first-order valence-electron chi connectivity index (χ1n) is 7.44. The summed E-state index contributed by atoms with van der Waals surface area (Å²) in [7, 11) is 0. The highest BCUT2D eigenvalue weighted by atomic mass is 19.4. The van der Waals surface area contributed by atoms with E-state index in [1.54, 1.807) is 6.07 Å². The van der Waals surface area contributed by atoms with E-state index in [0.29, 0.717) is 11.7 Å². The number of amides is 1. The lowest BCUT2D eigenvalue weighted by Crippen LogP contribution is -2.28. The molecule has 2 aromatic rings. The Morgan fingerprint density at radius 3 is 2.79 bits per heavy atom. The Bertz CT molecular complexity index is 738. The molecule has 0 unspecified atom stereocenters. The van der Waals surface area contributed by atoms with E-state index in [-0.39, 0.29) is 17.8 Å². The van der Waals surface area contributed by atoms with Crippen LogP contribution in [0.1, 0.15) is 52.2 Å². The Morgan fingerprint density at radius 2 is 2.12 bits per heavy atom. The van der Waals surface area contributed by atoms with Crippen molar-refractivity contribution in [1.82, 2.24) is 10.5 Å². The molecule has 1 amide bonds. The Morgan fingerprint density at radius 1 is 1.38 bits per heavy atom. The van der Waals surface area contributed by atoms with Crippen LogP contribution in [0.25, 0.3) is 0 Å². The number of halogens is 3. The molecule has 1 aliphatic carbocycles. The number of hydrogen-bond donors (Lipinski definition) is 2. The molecule has 1 aliphatic rings. The highest BCUT2D eigenvalue weighted by Crippen LogP contribution is 2.40. The van der Waals surface area contributed by atoms with Crippen molar-refractivity contribution >= 4 is 5.91 Å². The predicted molar refractivity (Wildman–Crippen MR) is 77.2 cm³/mol. The monoisotopic (exact) mass is 340 g/mol. The molecule has 1 saturated carbocycles. The number of nitrogens with one attached hydrogen (secondary N) is 1. The van der Waals surface area contributed by atoms with Gasteiger partial charge in [0.05, 0.1) is 11.7 Å². The molecular formula is C16H15F3N2O3. The van der Waals surface area contributed by atoms with Gasteiger partial charge in [0.1, 0.15) is 5.76 Å². The summed E-state index contributed by atoms with van der Waals surface area (Å²) >= 11 is 0. The first kappa shape index (κ1) is 16.5. The van der Waals surface area contributed by atoms with Gasteiger partial charge in [-0.1, -0.05) is 17.3 Å². The molecule has 1 atom stereocenters. The van der Waals surface area contributed by atoms with Gasteiger partial charge >= 0.3 is 6.18 Å². The molecule has 0 spiro atoms. The van der Waals surface area contributed by atoms with Crippen molar-refractivity contribution in [3.05, 3.63) is 52.9 Å². The number of alkyl halides is 3. The van der Waals surface area contributed by atoms with E-state index in [1.165, 1.54) is 12.1 Å². The molecular weight excluding hydrogens is 325 g/mol. The zero-order valence-electron chi connectivity index (χ0n) is 12.5. The van der Waals surface area contributed by atoms with E-state index < -0.39 is 23.8 Å². The molecule has 1 aromatic carbocycles. The molecule has 5 nitrogen and oxygen atoms in total. The summed E-state index contributed by atoms with van der Waals surface area (Å²) in [6.45, 7) is -0.230. The second-order valence-corrected chi connectivity index (χ2v) is 5.74. The number of carbonyl (C=O) groups excluding carboxylic acids is 1. The SMILES string of the molecule is O=C(NC[C@@H](O)c1cccc(C(F)(F)F)c1)c1cc(C2CC2)on1. The lowest BCUT2D eigenvalue weighted by molar-refractivity contribution is -0.137. The van der Waals surface area contributed by atoms with Crippen LogP contribution in [0.5, 0.6) is 0 Å². The Hall–Kier alpha value is -2.35. The molecule has 8 heteroatoms. The third-order valence-corrected chi connectivity index (χ3v) is 3.80. The minimum atomic E-state index is -4.49. The van der Waals surface area contributed by atoms with E-state index in [4.69, 9.17) is 4.52 Å². The molecule has 128 valence electrons. The zero-order chi connectivity index (χ0) is 17.3. The van der Waals surface area contributed by atoms with Gasteiger partial charge in [-0.05, 0) is 30.5 Å². The number of carbonyl (C=O) groups is 1. The average molecular weight is 340 g/mol. The summed E-state index contributed by atoms with van der Waals surface area (Å²) in [6, 6.07) is 5.90. The van der Waals surface area contributed by atoms with E-state index >= 15 is 0 Å². The molecule has 1 heterocycles. The van der Waals surface area contributed by atoms with Gasteiger partial charge in [0.15, 0.2) is 5.69 Å². The van der Waals surface area contributed by atoms with Crippen LogP contribution in [0.15, 0.2) is 34.9 Å². The smallest absolute Gasteiger partial charge is 0.387 e. The molecule has 1 aromatic heterocycles. The third-order valence-electron chi connectivity index (χ3n) is 3.80. The summed E-state index contributed by atoms with van der Waals surface area (Å²) < 4.78 is 43.1. The molecule has 3 rings (SSSR count). The van der Waals surface area contributed by atoms with Gasteiger partial charge in [0, 0.05) is 18.5 Å². The van der Waals surface area contributed by atoms with Gasteiger partial charge in [-0.15, -0.1) is 0 Å². The number of nitrogens with zero attached hydrogens (tertiary/aromatic N) is 1. The van der Waals surface area contributed by atoms with Crippen molar-refractivity contribution < 1.29 is 27.6 Å². The second-order valence-electron chi connectivity index (χ2n) is 5.74. The molecule has 24 heavy (non-hydrogen) atoms. The predicted octanol–water partition coefficient (Wildman–Crippen LogP) is 3.03. The maximum absolute atomic E-state index is 12.7. The van der Waals surface area contributed by atoms with E-state index in [0.717, 1.165) is 25.0 Å². The van der Waals surface area contributed by atoms with Gasteiger partial charge < -0.3 is 14.9 Å². The largest absolute Gasteiger partial charge is 0.416 e. The summed E-state index contributed by atoms with van der Waals surface area (Å²) in [5.74, 6) is 0.421. The normalized spacial score (nSPS) is 16.0. The maximum atomic E-state index is 12.7. The Kier molecular flexibility index (Phi) is 4.31. The summed E-state index contributed by atoms with van der Waals surface area (Å²) in [4.78, 5) is 11.9. The summed E-state index contributed by atoms with van der Waals surface area (Å²) in [5, 5.41) is 16.1. The second kappa shape index (κ2) is 6.27. The molecule has 1 fully saturated rings. The Balaban J connectivity index is 1.60. The van der Waals surface area contributed by atoms with Crippen LogP contribution in [0, 0.1) is 0 Å². The fraction of sp³-hybridized carbons (Fsp3) is 0.375. The fourth-order valence-corrected chi connectivity index (χ4v) is 2.28. The van der Waals surface area contributed by atoms with Crippen molar-refractivity contribution in [2.24, 2.45) is 0 Å². The first-order chi connectivity index (χ1) is 11.3. The van der Waals surface area contributed by atoms with Crippen molar-refractivity contribution in [2.75, 3.05) is 6.54 Å². The lowest BCUT2D eigenvalue weighted by Gasteiger charge is -2.14. The van der Waals surface area contributed by atoms with Gasteiger partial charge in [-0.25, -0.2) is 0 Å². The minimum Gasteiger partial charge on any atom is -0.387 e. The number of aromatic nitrogens is 1. The quantitative estimate of drug-likeness (QED) is 0.877. The van der Waals surface area contributed by atoms with E-state index in [9.17, 15) is 23.1 Å². The summed E-state index contributed by atoms with van der Waals surface area (Å²) in [5.41, 5.74) is -0.687. The summed E-state index contributed by atoms with van der Waals surface area (Å²) in [6.07, 6.45) is -3.74. The first-order valence-corrected chi connectivity index (χ1v) is 7.44. The van der Waals surface area contributed by atoms with Crippen LogP contribution < -0.4 is 5.32 Å². The maximum Gasteiger partial charge on any atom is 0.416 e. The topological polar surface area (TPSA) is 75.4 Å². The number of benzene rings is 1. The van der Waals surface area contributed by atoms with E-state index in [1.807, 2.05) is 0 Å². The zero-order valence-corrected chi connectivity index (χ0v) is 12.5. The standard InChI is InChI=1S/C16H15F3N2O3/c17-16(18,19)11-3-1-2-10(6-11)13(22)8-20-15(23)12-7-14(24-21-12)9-4-5-9/h1-3,6-7,9,13,22H,4-5,8H2,(H,20,23)/t13-/m1/s1. The Labute approximate surface area is 135 Å². The molecule has 0 aliphatic heterocycles. The number of aliphatic hydroxyl groups is 1. The lowest BCUT2D eigenvalue weighted by atomic mass is 10.1. The molecule has 0 radical (unpaired) electrons. The van der Waals surface area contributed by atoms with Crippen molar-refractivity contribution in [3.63, 3.8) is 0 Å². The highest BCUT2D eigenvalue weighted by molar-refractivity contribution is 5.92. The van der Waals surface area contributed by atoms with Crippen molar-refractivity contribution in [1.29, 1.82) is 0 Å². The molecule has 0 saturated heterocycles. The average Bonchev–Trinajstić information content (AvgIpc) is 3.28. The van der Waals surface area contributed by atoms with Crippen LogP contribution in [-0.4, -0.2) is 22.7 Å². The van der Waals surface area contributed by atoms with Gasteiger partial charge in [0.25, 0.3) is 5.91 Å². The van der Waals surface area contributed by atoms with Gasteiger partial charge in [-0.3, -0.25) is 4.79 Å². The van der Waals surface area contributed by atoms with Crippen LogP contribution in [0.2, 0.25) is 0 Å². The third kappa shape index (κ3) is 3.76. The van der Waals surface area contributed by atoms with Gasteiger partial charge in [-0.2, -0.15) is 13.2 Å². The molecule has 2 N–H and O–H groups in total. The number of aliphatic hydroxyl groups excluding tert-OH is 1. The van der Waals surface area contributed by atoms with Crippen LogP contribution in [-0.2, 0) is 6.18 Å². The fourth-order valence-electron chi connectivity index (χ4n) is 2.28. The van der Waals surface area contributed by atoms with Crippen LogP contribution >= 0.6 is 0 Å². The van der Waals surface area contributed by atoms with Gasteiger partial charge in [0.2, 0.25) is 0 Å². The van der Waals surface area contributed by atoms with E-state index in [2.05, 4.69) is 10.5 Å². The minimum absolute atomic E-state index is 0.0731. The molecule has 0 bridgehead atoms. The van der Waals surface area contributed by atoms with Crippen LogP contribution in [0.4, 0.5) is 13.2 Å². The number of rotatable bonds is 5. The van der Waals surface area contributed by atoms with Crippen LogP contribution in [0.3, 0.4) is 0 Å².